The molecular formula is C22H25FN2O4. The van der Waals surface area contributed by atoms with Crippen molar-refractivity contribution >= 4 is 11.6 Å². The highest BCUT2D eigenvalue weighted by atomic mass is 19.1. The van der Waals surface area contributed by atoms with Crippen LogP contribution in [-0.2, 0) is 20.8 Å². The summed E-state index contributed by atoms with van der Waals surface area (Å²) in [5.41, 5.74) is 0.740. The molecule has 2 aromatic carbocycles. The van der Waals surface area contributed by atoms with E-state index in [1.165, 1.54) is 6.07 Å². The van der Waals surface area contributed by atoms with Gasteiger partial charge in [0, 0.05) is 30.9 Å². The molecule has 2 aliphatic heterocycles. The van der Waals surface area contributed by atoms with Crippen LogP contribution in [0, 0.1) is 5.82 Å². The van der Waals surface area contributed by atoms with Crippen LogP contribution in [0.4, 0.5) is 10.1 Å². The number of ether oxygens (including phenoxy) is 3. The summed E-state index contributed by atoms with van der Waals surface area (Å²) < 4.78 is 31.4. The van der Waals surface area contributed by atoms with E-state index in [9.17, 15) is 9.18 Å². The molecule has 1 amide bonds. The third kappa shape index (κ3) is 4.42. The number of anilines is 1. The summed E-state index contributed by atoms with van der Waals surface area (Å²) in [6.45, 7) is 2.88. The maximum Gasteiger partial charge on any atom is 0.253 e. The number of para-hydroxylation sites is 1. The minimum Gasteiger partial charge on any atom is -0.497 e. The van der Waals surface area contributed by atoms with Crippen LogP contribution >= 0.6 is 0 Å². The lowest BCUT2D eigenvalue weighted by Gasteiger charge is -2.43. The van der Waals surface area contributed by atoms with E-state index in [1.54, 1.807) is 24.1 Å². The Balaban J connectivity index is 1.53. The number of amides is 1. The third-order valence-corrected chi connectivity index (χ3v) is 5.38. The zero-order chi connectivity index (χ0) is 20.3. The van der Waals surface area contributed by atoms with Gasteiger partial charge in [0.2, 0.25) is 0 Å². The van der Waals surface area contributed by atoms with Gasteiger partial charge < -0.3 is 19.1 Å². The number of rotatable bonds is 4. The zero-order valence-electron chi connectivity index (χ0n) is 16.5. The number of hydrogen-bond donors (Lipinski definition) is 0. The van der Waals surface area contributed by atoms with Gasteiger partial charge in [0.15, 0.2) is 0 Å². The second-order valence-electron chi connectivity index (χ2n) is 7.51. The quantitative estimate of drug-likeness (QED) is 0.789. The Bertz CT molecular complexity index is 863. The second-order valence-corrected chi connectivity index (χ2v) is 7.51. The molecule has 0 N–H and O–H groups in total. The molecule has 0 saturated carbocycles. The Hall–Kier alpha value is -2.48. The molecule has 1 unspecified atom stereocenters. The van der Waals surface area contributed by atoms with Gasteiger partial charge in [-0.05, 0) is 30.3 Å². The van der Waals surface area contributed by atoms with E-state index >= 15 is 0 Å². The first kappa shape index (κ1) is 19.8. The van der Waals surface area contributed by atoms with Gasteiger partial charge in [-0.25, -0.2) is 4.39 Å². The fraction of sp³-hybridized carbons (Fsp3) is 0.409. The molecule has 7 heteroatoms. The van der Waals surface area contributed by atoms with Crippen LogP contribution in [0.3, 0.4) is 0 Å². The van der Waals surface area contributed by atoms with Gasteiger partial charge in [0.05, 0.1) is 26.9 Å². The molecule has 2 saturated heterocycles. The van der Waals surface area contributed by atoms with Crippen molar-refractivity contribution in [2.45, 2.75) is 12.1 Å². The number of nitrogens with zero attached hydrogens (tertiary/aromatic N) is 2. The molecule has 0 aliphatic carbocycles. The first-order chi connectivity index (χ1) is 14.1. The maximum absolute atomic E-state index is 14.3. The molecule has 1 atom stereocenters. The molecule has 0 radical (unpaired) electrons. The standard InChI is InChI=1S/C22H25FN2O4/c1-27-19-7-8-20(23)17(11-19)12-24-9-10-29-22(14-24)15-25(21(26)13-28-16-22)18-5-3-2-4-6-18/h2-8,11H,9-10,12-16H2,1H3. The van der Waals surface area contributed by atoms with Gasteiger partial charge in [-0.2, -0.15) is 0 Å². The number of morpholine rings is 1. The van der Waals surface area contributed by atoms with Crippen LogP contribution in [0.15, 0.2) is 48.5 Å². The van der Waals surface area contributed by atoms with E-state index in [2.05, 4.69) is 4.90 Å². The molecule has 2 heterocycles. The predicted octanol–water partition coefficient (Wildman–Crippen LogP) is 2.47. The molecule has 6 nitrogen and oxygen atoms in total. The van der Waals surface area contributed by atoms with Gasteiger partial charge in [-0.15, -0.1) is 0 Å². The molecule has 154 valence electrons. The zero-order valence-corrected chi connectivity index (χ0v) is 16.5. The van der Waals surface area contributed by atoms with E-state index in [0.29, 0.717) is 50.7 Å². The van der Waals surface area contributed by atoms with Gasteiger partial charge in [-0.1, -0.05) is 18.2 Å². The van der Waals surface area contributed by atoms with E-state index in [1.807, 2.05) is 30.3 Å². The molecule has 4 rings (SSSR count). The topological polar surface area (TPSA) is 51.2 Å². The Morgan fingerprint density at radius 1 is 1.17 bits per heavy atom. The second kappa shape index (κ2) is 8.49. The molecule has 0 bridgehead atoms. The van der Waals surface area contributed by atoms with Gasteiger partial charge >= 0.3 is 0 Å². The summed E-state index contributed by atoms with van der Waals surface area (Å²) >= 11 is 0. The fourth-order valence-corrected chi connectivity index (χ4v) is 3.95. The van der Waals surface area contributed by atoms with Crippen LogP contribution in [0.5, 0.6) is 5.75 Å². The summed E-state index contributed by atoms with van der Waals surface area (Å²) in [7, 11) is 1.57. The summed E-state index contributed by atoms with van der Waals surface area (Å²) in [5.74, 6) is 0.278. The fourth-order valence-electron chi connectivity index (χ4n) is 3.95. The minimum atomic E-state index is -0.657. The van der Waals surface area contributed by atoms with Crippen molar-refractivity contribution in [2.75, 3.05) is 51.5 Å². The van der Waals surface area contributed by atoms with Crippen molar-refractivity contribution in [3.05, 3.63) is 59.9 Å². The van der Waals surface area contributed by atoms with Crippen LogP contribution in [-0.4, -0.2) is 63.0 Å². The van der Waals surface area contributed by atoms with Crippen molar-refractivity contribution in [3.8, 4) is 5.75 Å². The van der Waals surface area contributed by atoms with Crippen LogP contribution in [0.1, 0.15) is 5.56 Å². The predicted molar refractivity (Wildman–Crippen MR) is 107 cm³/mol. The number of carbonyl (C=O) groups excluding carboxylic acids is 1. The summed E-state index contributed by atoms with van der Waals surface area (Å²) in [5, 5.41) is 0. The molecule has 29 heavy (non-hydrogen) atoms. The molecule has 0 aromatic heterocycles. The highest BCUT2D eigenvalue weighted by Gasteiger charge is 2.42. The highest BCUT2D eigenvalue weighted by Crippen LogP contribution is 2.28. The molecule has 2 fully saturated rings. The number of methoxy groups -OCH3 is 1. The molecule has 1 spiro atoms. The molecule has 2 aromatic rings. The lowest BCUT2D eigenvalue weighted by Crippen LogP contribution is -2.59. The largest absolute Gasteiger partial charge is 0.497 e. The minimum absolute atomic E-state index is 0.0184. The monoisotopic (exact) mass is 400 g/mol. The van der Waals surface area contributed by atoms with Crippen LogP contribution in [0.2, 0.25) is 0 Å². The van der Waals surface area contributed by atoms with Gasteiger partial charge in [-0.3, -0.25) is 9.69 Å². The number of halogens is 1. The number of carbonyl (C=O) groups is 1. The van der Waals surface area contributed by atoms with Crippen molar-refractivity contribution < 1.29 is 23.4 Å². The van der Waals surface area contributed by atoms with Crippen molar-refractivity contribution in [2.24, 2.45) is 0 Å². The number of hydrogen-bond acceptors (Lipinski definition) is 5. The first-order valence-electron chi connectivity index (χ1n) is 9.70. The Morgan fingerprint density at radius 3 is 2.79 bits per heavy atom. The normalized spacial score (nSPS) is 23.2. The smallest absolute Gasteiger partial charge is 0.253 e. The first-order valence-corrected chi connectivity index (χ1v) is 9.70. The summed E-state index contributed by atoms with van der Waals surface area (Å²) in [6.07, 6.45) is 0. The lowest BCUT2D eigenvalue weighted by atomic mass is 10.0. The molecular weight excluding hydrogens is 375 g/mol. The average Bonchev–Trinajstić information content (AvgIpc) is 2.89. The van der Waals surface area contributed by atoms with E-state index < -0.39 is 5.60 Å². The van der Waals surface area contributed by atoms with Crippen LogP contribution in [0.25, 0.3) is 0 Å². The van der Waals surface area contributed by atoms with Crippen molar-refractivity contribution in [1.82, 2.24) is 4.90 Å². The van der Waals surface area contributed by atoms with E-state index in [-0.39, 0.29) is 18.3 Å². The van der Waals surface area contributed by atoms with Crippen LogP contribution < -0.4 is 9.64 Å². The van der Waals surface area contributed by atoms with E-state index in [0.717, 1.165) is 5.69 Å². The average molecular weight is 400 g/mol. The Labute approximate surface area is 169 Å². The lowest BCUT2D eigenvalue weighted by molar-refractivity contribution is -0.136. The Morgan fingerprint density at radius 2 is 2.00 bits per heavy atom. The third-order valence-electron chi connectivity index (χ3n) is 5.38. The molecule has 2 aliphatic rings. The number of benzene rings is 2. The highest BCUT2D eigenvalue weighted by molar-refractivity contribution is 5.94. The van der Waals surface area contributed by atoms with Crippen molar-refractivity contribution in [1.29, 1.82) is 0 Å². The Kier molecular flexibility index (Phi) is 5.80. The summed E-state index contributed by atoms with van der Waals surface area (Å²) in [4.78, 5) is 16.5. The van der Waals surface area contributed by atoms with Gasteiger partial charge in [0.1, 0.15) is 23.8 Å². The maximum atomic E-state index is 14.3. The van der Waals surface area contributed by atoms with Crippen molar-refractivity contribution in [3.63, 3.8) is 0 Å². The summed E-state index contributed by atoms with van der Waals surface area (Å²) in [6, 6.07) is 14.3. The van der Waals surface area contributed by atoms with Gasteiger partial charge in [0.25, 0.3) is 5.91 Å². The SMILES string of the molecule is COc1ccc(F)c(CN2CCOC3(COCC(=O)N(c4ccccc4)C3)C2)c1. The van der Waals surface area contributed by atoms with E-state index in [4.69, 9.17) is 14.2 Å².